The van der Waals surface area contributed by atoms with Crippen molar-refractivity contribution in [1.29, 1.82) is 0 Å². The number of carboxylic acids is 1. The molecule has 0 spiro atoms. The molecule has 0 bridgehead atoms. The van der Waals surface area contributed by atoms with Crippen LogP contribution in [0.4, 0.5) is 4.39 Å². The average Bonchev–Trinajstić information content (AvgIpc) is 2.91. The Hall–Kier alpha value is -2.60. The van der Waals surface area contributed by atoms with Crippen molar-refractivity contribution in [3.63, 3.8) is 0 Å². The molecule has 42 heavy (non-hydrogen) atoms. The molecule has 228 valence electrons. The molecule has 0 unspecified atom stereocenters. The maximum Gasteiger partial charge on any atom is 0.303 e. The van der Waals surface area contributed by atoms with Crippen LogP contribution in [0.25, 0.3) is 11.1 Å². The van der Waals surface area contributed by atoms with Gasteiger partial charge in [0, 0.05) is 49.6 Å². The second kappa shape index (κ2) is 14.7. The number of β-amino-alcohol motifs (C(OH)–C–C–N with tert-alkyl or cyclic N) is 1. The first-order chi connectivity index (χ1) is 19.7. The molecule has 1 heterocycles. The number of sulfonamides is 1. The quantitative estimate of drug-likeness (QED) is 0.198. The highest BCUT2D eigenvalue weighted by molar-refractivity contribution is 7.89. The van der Waals surface area contributed by atoms with Crippen molar-refractivity contribution in [1.82, 2.24) is 14.6 Å². The minimum Gasteiger partial charge on any atom is -0.481 e. The molecule has 0 aliphatic rings. The largest absolute Gasteiger partial charge is 0.481 e. The first-order valence-corrected chi connectivity index (χ1v) is 15.7. The Morgan fingerprint density at radius 1 is 1.10 bits per heavy atom. The lowest BCUT2D eigenvalue weighted by atomic mass is 9.95. The number of carboxylic acid groups (broad SMARTS) is 1. The Balaban J connectivity index is 1.60. The van der Waals surface area contributed by atoms with E-state index in [4.69, 9.17) is 28.3 Å². The van der Waals surface area contributed by atoms with Gasteiger partial charge < -0.3 is 15.5 Å². The number of pyridine rings is 1. The van der Waals surface area contributed by atoms with Crippen LogP contribution in [0, 0.1) is 5.82 Å². The Bertz CT molecular complexity index is 1460. The molecular weight excluding hydrogens is 604 g/mol. The van der Waals surface area contributed by atoms with Gasteiger partial charge in [0.2, 0.25) is 10.0 Å². The van der Waals surface area contributed by atoms with Crippen LogP contribution in [0.1, 0.15) is 44.4 Å². The fraction of sp³-hybridized carbons (Fsp3) is 0.400. The number of aryl methyl sites for hydroxylation is 2. The Morgan fingerprint density at radius 2 is 1.76 bits per heavy atom. The van der Waals surface area contributed by atoms with Crippen molar-refractivity contribution in [2.24, 2.45) is 0 Å². The van der Waals surface area contributed by atoms with Crippen LogP contribution in [0.5, 0.6) is 0 Å². The number of nitrogens with zero attached hydrogens (tertiary/aromatic N) is 2. The lowest BCUT2D eigenvalue weighted by molar-refractivity contribution is -0.136. The molecule has 0 saturated carbocycles. The molecule has 2 aromatic carbocycles. The minimum atomic E-state index is -4.14. The smallest absolute Gasteiger partial charge is 0.303 e. The van der Waals surface area contributed by atoms with E-state index in [1.54, 1.807) is 36.5 Å². The highest BCUT2D eigenvalue weighted by Gasteiger charge is 2.29. The summed E-state index contributed by atoms with van der Waals surface area (Å²) in [6, 6.07) is 13.1. The summed E-state index contributed by atoms with van der Waals surface area (Å²) >= 11 is 12.8. The highest BCUT2D eigenvalue weighted by Crippen LogP contribution is 2.36. The zero-order valence-corrected chi connectivity index (χ0v) is 26.1. The van der Waals surface area contributed by atoms with Crippen molar-refractivity contribution < 1.29 is 27.8 Å². The third-order valence-electron chi connectivity index (χ3n) is 6.91. The predicted molar refractivity (Wildman–Crippen MR) is 163 cm³/mol. The molecule has 0 aliphatic carbocycles. The molecule has 0 fully saturated rings. The molecule has 3 aromatic rings. The third kappa shape index (κ3) is 9.45. The lowest BCUT2D eigenvalue weighted by Crippen LogP contribution is -2.46. The molecule has 0 aliphatic heterocycles. The van der Waals surface area contributed by atoms with Crippen molar-refractivity contribution in [3.8, 4) is 11.1 Å². The number of hydrogen-bond donors (Lipinski definition) is 3. The van der Waals surface area contributed by atoms with Crippen LogP contribution in [0.15, 0.2) is 59.6 Å². The summed E-state index contributed by atoms with van der Waals surface area (Å²) in [4.78, 5) is 14.8. The number of aliphatic hydroxyl groups is 1. The minimum absolute atomic E-state index is 0.0380. The molecule has 1 aromatic heterocycles. The van der Waals surface area contributed by atoms with E-state index in [9.17, 15) is 22.7 Å². The first kappa shape index (κ1) is 33.9. The fourth-order valence-electron chi connectivity index (χ4n) is 4.47. The zero-order chi connectivity index (χ0) is 31.1. The number of halogens is 3. The van der Waals surface area contributed by atoms with Crippen LogP contribution >= 0.6 is 23.2 Å². The molecule has 0 radical (unpaired) electrons. The number of rotatable bonds is 15. The number of carbonyl (C=O) groups is 1. The van der Waals surface area contributed by atoms with E-state index < -0.39 is 22.1 Å². The van der Waals surface area contributed by atoms with Gasteiger partial charge in [-0.15, -0.1) is 0 Å². The SMILES string of the molecule is CN(C[C@H](O)CNC(C)(C)CCCc1ccccc1F)S(=O)(=O)c1c(Cl)cc(-c2ccc(CCC(=O)O)nc2)cc1Cl. The molecule has 0 saturated heterocycles. The zero-order valence-electron chi connectivity index (χ0n) is 23.8. The van der Waals surface area contributed by atoms with Gasteiger partial charge in [-0.25, -0.2) is 12.8 Å². The van der Waals surface area contributed by atoms with Crippen molar-refractivity contribution in [3.05, 3.63) is 81.8 Å². The lowest BCUT2D eigenvalue weighted by Gasteiger charge is -2.29. The third-order valence-corrected chi connectivity index (χ3v) is 9.66. The summed E-state index contributed by atoms with van der Waals surface area (Å²) in [5, 5.41) is 22.6. The second-order valence-electron chi connectivity index (χ2n) is 10.9. The molecule has 12 heteroatoms. The highest BCUT2D eigenvalue weighted by atomic mass is 35.5. The number of aliphatic hydroxyl groups excluding tert-OH is 1. The van der Waals surface area contributed by atoms with E-state index in [1.807, 2.05) is 13.8 Å². The maximum atomic E-state index is 13.9. The van der Waals surface area contributed by atoms with Gasteiger partial charge in [-0.2, -0.15) is 4.31 Å². The summed E-state index contributed by atoms with van der Waals surface area (Å²) in [7, 11) is -2.80. The van der Waals surface area contributed by atoms with Crippen molar-refractivity contribution in [2.45, 2.75) is 62.5 Å². The number of aromatic nitrogens is 1. The summed E-state index contributed by atoms with van der Waals surface area (Å²) in [5.41, 5.74) is 2.08. The summed E-state index contributed by atoms with van der Waals surface area (Å²) in [6.07, 6.45) is 2.83. The Kier molecular flexibility index (Phi) is 11.9. The predicted octanol–water partition coefficient (Wildman–Crippen LogP) is 5.58. The van der Waals surface area contributed by atoms with Gasteiger partial charge in [-0.3, -0.25) is 9.78 Å². The van der Waals surface area contributed by atoms with Gasteiger partial charge in [0.15, 0.2) is 0 Å². The van der Waals surface area contributed by atoms with E-state index in [2.05, 4.69) is 10.3 Å². The number of nitrogens with one attached hydrogen (secondary N) is 1. The first-order valence-electron chi connectivity index (χ1n) is 13.5. The number of aliphatic carboxylic acids is 1. The van der Waals surface area contributed by atoms with E-state index in [0.29, 0.717) is 28.8 Å². The van der Waals surface area contributed by atoms with Crippen LogP contribution < -0.4 is 5.32 Å². The van der Waals surface area contributed by atoms with Gasteiger partial charge in [-0.05, 0) is 68.5 Å². The van der Waals surface area contributed by atoms with Crippen molar-refractivity contribution in [2.75, 3.05) is 20.1 Å². The van der Waals surface area contributed by atoms with Crippen LogP contribution in [-0.4, -0.2) is 65.7 Å². The van der Waals surface area contributed by atoms with Crippen molar-refractivity contribution >= 4 is 39.2 Å². The Morgan fingerprint density at radius 3 is 2.36 bits per heavy atom. The fourth-order valence-corrected chi connectivity index (χ4v) is 6.83. The molecule has 0 amide bonds. The molecule has 8 nitrogen and oxygen atoms in total. The monoisotopic (exact) mass is 639 g/mol. The van der Waals surface area contributed by atoms with Gasteiger partial charge in [0.1, 0.15) is 10.7 Å². The van der Waals surface area contributed by atoms with Gasteiger partial charge in [0.25, 0.3) is 0 Å². The van der Waals surface area contributed by atoms with E-state index in [-0.39, 0.29) is 52.2 Å². The van der Waals surface area contributed by atoms with Crippen LogP contribution in [0.2, 0.25) is 10.0 Å². The number of likely N-dealkylation sites (N-methyl/N-ethyl adjacent to an activating group) is 1. The maximum absolute atomic E-state index is 13.9. The second-order valence-corrected chi connectivity index (χ2v) is 13.6. The average molecular weight is 641 g/mol. The van der Waals surface area contributed by atoms with E-state index in [1.165, 1.54) is 25.2 Å². The van der Waals surface area contributed by atoms with E-state index in [0.717, 1.165) is 17.1 Å². The standard InChI is InChI=1S/C30H36Cl2FN3O5S/c1-30(2,14-6-8-20-7-4-5-9-27(20)33)35-18-24(37)19-36(3)42(40,41)29-25(31)15-22(16-26(29)32)21-10-11-23(34-17-21)12-13-28(38)39/h4-5,7,9-11,15-17,24,35,37H,6,8,12-14,18-19H2,1-3H3,(H,38,39)/t24-/m1/s1. The van der Waals surface area contributed by atoms with Crippen LogP contribution in [-0.2, 0) is 27.7 Å². The summed E-state index contributed by atoms with van der Waals surface area (Å²) in [5.74, 6) is -1.14. The number of benzene rings is 2. The summed E-state index contributed by atoms with van der Waals surface area (Å²) < 4.78 is 41.6. The van der Waals surface area contributed by atoms with Gasteiger partial charge in [0.05, 0.1) is 22.6 Å². The summed E-state index contributed by atoms with van der Waals surface area (Å²) in [6.45, 7) is 3.89. The normalized spacial score (nSPS) is 13.0. The molecule has 1 atom stereocenters. The molecule has 3 rings (SSSR count). The molecule has 3 N–H and O–H groups in total. The Labute approximate surface area is 256 Å². The van der Waals surface area contributed by atoms with E-state index >= 15 is 0 Å². The topological polar surface area (TPSA) is 120 Å². The molecular formula is C30H36Cl2FN3O5S. The van der Waals surface area contributed by atoms with Gasteiger partial charge >= 0.3 is 5.97 Å². The van der Waals surface area contributed by atoms with Gasteiger partial charge in [-0.1, -0.05) is 47.5 Å². The number of hydrogen-bond acceptors (Lipinski definition) is 6. The van der Waals surface area contributed by atoms with Crippen LogP contribution in [0.3, 0.4) is 0 Å².